The van der Waals surface area contributed by atoms with Crippen LogP contribution in [0.1, 0.15) is 29.8 Å². The molecular formula is C29H34N4O3S. The SMILES string of the molecule is COc1ccc(-c2csc(C3=C(O)CN(CCC4CCN(Cc5ccccc5)CC4)C3=N)n2)cc1OC. The van der Waals surface area contributed by atoms with Gasteiger partial charge < -0.3 is 19.5 Å². The number of aliphatic hydroxyl groups excluding tert-OH is 1. The average Bonchev–Trinajstić information content (AvgIpc) is 3.52. The van der Waals surface area contributed by atoms with Crippen LogP contribution in [0.5, 0.6) is 11.5 Å². The van der Waals surface area contributed by atoms with E-state index in [1.54, 1.807) is 14.2 Å². The number of aromatic nitrogens is 1. The van der Waals surface area contributed by atoms with E-state index in [1.807, 2.05) is 28.5 Å². The van der Waals surface area contributed by atoms with Crippen LogP contribution in [-0.2, 0) is 6.54 Å². The van der Waals surface area contributed by atoms with Gasteiger partial charge in [0.15, 0.2) is 11.5 Å². The van der Waals surface area contributed by atoms with Crippen molar-refractivity contribution in [2.45, 2.75) is 25.8 Å². The van der Waals surface area contributed by atoms with Crippen molar-refractivity contribution in [1.82, 2.24) is 14.8 Å². The summed E-state index contributed by atoms with van der Waals surface area (Å²) in [6, 6.07) is 16.4. The maximum absolute atomic E-state index is 10.7. The van der Waals surface area contributed by atoms with Crippen molar-refractivity contribution in [2.75, 3.05) is 40.4 Å². The van der Waals surface area contributed by atoms with Crippen LogP contribution < -0.4 is 9.47 Å². The largest absolute Gasteiger partial charge is 0.510 e. The summed E-state index contributed by atoms with van der Waals surface area (Å²) in [6.07, 6.45) is 3.40. The highest BCUT2D eigenvalue weighted by molar-refractivity contribution is 7.11. The molecule has 7 nitrogen and oxygen atoms in total. The van der Waals surface area contributed by atoms with Gasteiger partial charge in [-0.25, -0.2) is 4.98 Å². The Kier molecular flexibility index (Phi) is 7.76. The lowest BCUT2D eigenvalue weighted by Crippen LogP contribution is -2.35. The fourth-order valence-corrected chi connectivity index (χ4v) is 6.07. The molecule has 37 heavy (non-hydrogen) atoms. The van der Waals surface area contributed by atoms with Gasteiger partial charge in [0, 0.05) is 24.0 Å². The number of ether oxygens (including phenoxy) is 2. The number of likely N-dealkylation sites (tertiary alicyclic amines) is 1. The smallest absolute Gasteiger partial charge is 0.161 e. The molecule has 194 valence electrons. The number of hydrogen-bond donors (Lipinski definition) is 2. The predicted octanol–water partition coefficient (Wildman–Crippen LogP) is 5.69. The Morgan fingerprint density at radius 2 is 1.81 bits per heavy atom. The lowest BCUT2D eigenvalue weighted by molar-refractivity contribution is 0.167. The van der Waals surface area contributed by atoms with E-state index in [9.17, 15) is 5.11 Å². The third kappa shape index (κ3) is 5.65. The van der Waals surface area contributed by atoms with Gasteiger partial charge in [-0.05, 0) is 62.0 Å². The molecule has 1 saturated heterocycles. The first-order valence-electron chi connectivity index (χ1n) is 12.8. The Hall–Kier alpha value is -3.36. The van der Waals surface area contributed by atoms with Gasteiger partial charge >= 0.3 is 0 Å². The second-order valence-corrected chi connectivity index (χ2v) is 10.6. The fraction of sp³-hybridized carbons (Fsp3) is 0.379. The zero-order valence-electron chi connectivity index (χ0n) is 21.4. The first kappa shape index (κ1) is 25.3. The number of rotatable bonds is 9. The van der Waals surface area contributed by atoms with E-state index in [4.69, 9.17) is 19.9 Å². The number of thiazole rings is 1. The predicted molar refractivity (Wildman–Crippen MR) is 149 cm³/mol. The number of hydrogen-bond acceptors (Lipinski definition) is 7. The lowest BCUT2D eigenvalue weighted by atomic mass is 9.93. The monoisotopic (exact) mass is 518 g/mol. The van der Waals surface area contributed by atoms with Crippen LogP contribution in [0.3, 0.4) is 0 Å². The minimum atomic E-state index is 0.232. The van der Waals surface area contributed by atoms with Crippen molar-refractivity contribution in [1.29, 1.82) is 5.41 Å². The third-order valence-corrected chi connectivity index (χ3v) is 8.20. The highest BCUT2D eigenvalue weighted by atomic mass is 32.1. The number of methoxy groups -OCH3 is 2. The van der Waals surface area contributed by atoms with Crippen molar-refractivity contribution >= 4 is 22.7 Å². The van der Waals surface area contributed by atoms with Crippen LogP contribution in [0.15, 0.2) is 59.7 Å². The number of nitrogens with one attached hydrogen (secondary N) is 1. The number of piperidine rings is 1. The summed E-state index contributed by atoms with van der Waals surface area (Å²) in [7, 11) is 3.22. The number of nitrogens with zero attached hydrogens (tertiary/aromatic N) is 3. The lowest BCUT2D eigenvalue weighted by Gasteiger charge is -2.33. The molecule has 8 heteroatoms. The normalized spacial score (nSPS) is 17.0. The molecule has 0 radical (unpaired) electrons. The molecule has 1 fully saturated rings. The van der Waals surface area contributed by atoms with E-state index in [-0.39, 0.29) is 5.76 Å². The van der Waals surface area contributed by atoms with E-state index >= 15 is 0 Å². The minimum absolute atomic E-state index is 0.232. The molecule has 3 aromatic rings. The first-order chi connectivity index (χ1) is 18.1. The highest BCUT2D eigenvalue weighted by Gasteiger charge is 2.31. The van der Waals surface area contributed by atoms with Crippen molar-refractivity contribution < 1.29 is 14.6 Å². The second-order valence-electron chi connectivity index (χ2n) is 9.69. The van der Waals surface area contributed by atoms with E-state index in [2.05, 4.69) is 35.2 Å². The van der Waals surface area contributed by atoms with Gasteiger partial charge in [-0.3, -0.25) is 10.3 Å². The summed E-state index contributed by atoms with van der Waals surface area (Å²) in [5, 5.41) is 22.1. The maximum atomic E-state index is 10.7. The summed E-state index contributed by atoms with van der Waals surface area (Å²) in [6.45, 7) is 4.41. The molecule has 2 aromatic carbocycles. The maximum Gasteiger partial charge on any atom is 0.161 e. The standard InChI is InChI=1S/C29H34N4O3S/c1-35-25-9-8-22(16-26(25)36-2)23-19-37-29(31-23)27-24(34)18-33(28(27)30)15-12-20-10-13-32(14-11-20)17-21-6-4-3-5-7-21/h3-9,16,19-20,30,34H,10-15,17-18H2,1-2H3. The summed E-state index contributed by atoms with van der Waals surface area (Å²) >= 11 is 1.45. The van der Waals surface area contributed by atoms with Gasteiger partial charge in [0.25, 0.3) is 0 Å². The number of benzene rings is 2. The molecule has 0 aliphatic carbocycles. The van der Waals surface area contributed by atoms with Crippen molar-refractivity contribution in [2.24, 2.45) is 5.92 Å². The first-order valence-corrected chi connectivity index (χ1v) is 13.6. The van der Waals surface area contributed by atoms with Crippen LogP contribution >= 0.6 is 11.3 Å². The van der Waals surface area contributed by atoms with E-state index in [0.717, 1.165) is 43.9 Å². The summed E-state index contributed by atoms with van der Waals surface area (Å²) < 4.78 is 10.8. The van der Waals surface area contributed by atoms with Crippen molar-refractivity contribution in [3.8, 4) is 22.8 Å². The Labute approximate surface area is 222 Å². The Morgan fingerprint density at radius 1 is 1.05 bits per heavy atom. The number of aliphatic hydroxyl groups is 1. The summed E-state index contributed by atoms with van der Waals surface area (Å²) in [5.41, 5.74) is 3.61. The van der Waals surface area contributed by atoms with Gasteiger partial charge in [0.2, 0.25) is 0 Å². The zero-order valence-corrected chi connectivity index (χ0v) is 22.3. The van der Waals surface area contributed by atoms with E-state index < -0.39 is 0 Å². The number of amidine groups is 1. The van der Waals surface area contributed by atoms with Crippen molar-refractivity contribution in [3.63, 3.8) is 0 Å². The van der Waals surface area contributed by atoms with E-state index in [0.29, 0.717) is 40.4 Å². The Morgan fingerprint density at radius 3 is 2.54 bits per heavy atom. The molecule has 0 spiro atoms. The molecule has 0 amide bonds. The molecule has 2 aliphatic heterocycles. The second kappa shape index (κ2) is 11.4. The molecule has 0 bridgehead atoms. The molecular weight excluding hydrogens is 484 g/mol. The van der Waals surface area contributed by atoms with E-state index in [1.165, 1.54) is 29.7 Å². The molecule has 3 heterocycles. The zero-order chi connectivity index (χ0) is 25.8. The molecule has 2 aliphatic rings. The minimum Gasteiger partial charge on any atom is -0.510 e. The Bertz CT molecular complexity index is 1270. The Balaban J connectivity index is 1.16. The summed E-state index contributed by atoms with van der Waals surface area (Å²) in [5.74, 6) is 2.56. The third-order valence-electron chi connectivity index (χ3n) is 7.34. The quantitative estimate of drug-likeness (QED) is 0.379. The van der Waals surface area contributed by atoms with Crippen LogP contribution in [-0.4, -0.2) is 66.1 Å². The fourth-order valence-electron chi connectivity index (χ4n) is 5.18. The molecule has 1 aromatic heterocycles. The van der Waals surface area contributed by atoms with Gasteiger partial charge in [-0.2, -0.15) is 0 Å². The van der Waals surface area contributed by atoms with Gasteiger partial charge in [-0.15, -0.1) is 11.3 Å². The molecule has 0 unspecified atom stereocenters. The van der Waals surface area contributed by atoms with Gasteiger partial charge in [-0.1, -0.05) is 30.3 Å². The average molecular weight is 519 g/mol. The molecule has 0 saturated carbocycles. The summed E-state index contributed by atoms with van der Waals surface area (Å²) in [4.78, 5) is 9.27. The van der Waals surface area contributed by atoms with Gasteiger partial charge in [0.05, 0.1) is 32.0 Å². The van der Waals surface area contributed by atoms with Crippen LogP contribution in [0.25, 0.3) is 16.8 Å². The van der Waals surface area contributed by atoms with Crippen LogP contribution in [0.2, 0.25) is 0 Å². The van der Waals surface area contributed by atoms with Crippen LogP contribution in [0, 0.1) is 11.3 Å². The molecule has 5 rings (SSSR count). The van der Waals surface area contributed by atoms with Crippen LogP contribution in [0.4, 0.5) is 0 Å². The molecule has 0 atom stereocenters. The highest BCUT2D eigenvalue weighted by Crippen LogP contribution is 2.36. The van der Waals surface area contributed by atoms with Gasteiger partial charge in [0.1, 0.15) is 16.6 Å². The molecule has 2 N–H and O–H groups in total. The van der Waals surface area contributed by atoms with Crippen molar-refractivity contribution in [3.05, 3.63) is 70.2 Å². The topological polar surface area (TPSA) is 81.9 Å².